The van der Waals surface area contributed by atoms with Crippen molar-refractivity contribution in [2.75, 3.05) is 7.05 Å². The quantitative estimate of drug-likeness (QED) is 0.374. The van der Waals surface area contributed by atoms with Crippen LogP contribution >= 0.6 is 11.3 Å². The van der Waals surface area contributed by atoms with Crippen molar-refractivity contribution >= 4 is 50.4 Å². The molecule has 2 atom stereocenters. The summed E-state index contributed by atoms with van der Waals surface area (Å²) in [5, 5.41) is 0.966. The van der Waals surface area contributed by atoms with E-state index in [0.29, 0.717) is 42.6 Å². The SMILES string of the molecule is CN1Cc2c(oc3c(-c4ccc5c(c4)COS(=O)C5)sc(-c4ccc5c(c4)COS(=O)C5)c23)C1=O. The zero-order valence-electron chi connectivity index (χ0n) is 18.6. The number of carbonyl (C=O) groups excluding carboxylic acids is 1. The average Bonchev–Trinajstić information content (AvgIpc) is 3.49. The maximum Gasteiger partial charge on any atom is 0.290 e. The van der Waals surface area contributed by atoms with E-state index in [4.69, 9.17) is 12.8 Å². The van der Waals surface area contributed by atoms with Gasteiger partial charge in [-0.25, -0.2) is 8.42 Å². The first-order valence-electron chi connectivity index (χ1n) is 11.1. The molecule has 0 N–H and O–H groups in total. The van der Waals surface area contributed by atoms with Crippen LogP contribution in [-0.4, -0.2) is 26.3 Å². The lowest BCUT2D eigenvalue weighted by Gasteiger charge is -2.16. The Labute approximate surface area is 210 Å². The fraction of sp³-hybridized carbons (Fsp3) is 0.240. The molecule has 2 aromatic heterocycles. The van der Waals surface area contributed by atoms with Crippen molar-refractivity contribution in [2.45, 2.75) is 31.3 Å². The van der Waals surface area contributed by atoms with Crippen molar-refractivity contribution in [1.82, 2.24) is 4.90 Å². The second kappa shape index (κ2) is 7.94. The number of rotatable bonds is 2. The summed E-state index contributed by atoms with van der Waals surface area (Å²) in [5.74, 6) is 1.07. The van der Waals surface area contributed by atoms with Crippen LogP contribution in [0.1, 0.15) is 38.4 Å². The van der Waals surface area contributed by atoms with E-state index >= 15 is 0 Å². The maximum atomic E-state index is 12.7. The van der Waals surface area contributed by atoms with E-state index in [1.165, 1.54) is 0 Å². The topological polar surface area (TPSA) is 86.1 Å². The van der Waals surface area contributed by atoms with Crippen LogP contribution in [0.25, 0.3) is 31.9 Å². The van der Waals surface area contributed by atoms with Crippen LogP contribution in [0, 0.1) is 0 Å². The van der Waals surface area contributed by atoms with Gasteiger partial charge in [-0.15, -0.1) is 11.3 Å². The van der Waals surface area contributed by atoms with Crippen molar-refractivity contribution in [3.8, 4) is 20.9 Å². The van der Waals surface area contributed by atoms with Gasteiger partial charge in [0.25, 0.3) is 5.91 Å². The van der Waals surface area contributed by atoms with Crippen LogP contribution in [-0.2, 0) is 61.8 Å². The molecule has 0 bridgehead atoms. The molecule has 4 aromatic rings. The van der Waals surface area contributed by atoms with Crippen molar-refractivity contribution in [3.05, 3.63) is 70.0 Å². The van der Waals surface area contributed by atoms with Gasteiger partial charge in [0.1, 0.15) is 0 Å². The van der Waals surface area contributed by atoms with E-state index in [9.17, 15) is 13.2 Å². The van der Waals surface area contributed by atoms with Gasteiger partial charge < -0.3 is 9.32 Å². The molecule has 178 valence electrons. The van der Waals surface area contributed by atoms with Crippen molar-refractivity contribution in [2.24, 2.45) is 0 Å². The Morgan fingerprint density at radius 2 is 1.46 bits per heavy atom. The zero-order valence-corrected chi connectivity index (χ0v) is 21.1. The average molecular weight is 526 g/mol. The molecule has 10 heteroatoms. The Balaban J connectivity index is 1.43. The van der Waals surface area contributed by atoms with Gasteiger partial charge in [0.2, 0.25) is 0 Å². The number of thiophene rings is 1. The van der Waals surface area contributed by atoms with E-state index in [2.05, 4.69) is 12.1 Å². The Morgan fingerprint density at radius 1 is 0.857 bits per heavy atom. The van der Waals surface area contributed by atoms with Gasteiger partial charge in [-0.1, -0.05) is 24.3 Å². The van der Waals surface area contributed by atoms with Crippen LogP contribution < -0.4 is 0 Å². The van der Waals surface area contributed by atoms with Crippen LogP contribution in [0.3, 0.4) is 0 Å². The highest BCUT2D eigenvalue weighted by atomic mass is 32.2. The van der Waals surface area contributed by atoms with Crippen LogP contribution in [0.2, 0.25) is 0 Å². The summed E-state index contributed by atoms with van der Waals surface area (Å²) in [6, 6.07) is 12.3. The van der Waals surface area contributed by atoms with Gasteiger partial charge in [0, 0.05) is 22.9 Å². The van der Waals surface area contributed by atoms with E-state index < -0.39 is 22.2 Å². The number of hydrogen-bond donors (Lipinski definition) is 0. The lowest BCUT2D eigenvalue weighted by molar-refractivity contribution is 0.0793. The van der Waals surface area contributed by atoms with E-state index in [-0.39, 0.29) is 5.91 Å². The van der Waals surface area contributed by atoms with Crippen molar-refractivity contribution < 1.29 is 26.0 Å². The fourth-order valence-electron chi connectivity index (χ4n) is 4.94. The second-order valence-corrected chi connectivity index (χ2v) is 12.2. The van der Waals surface area contributed by atoms with E-state index in [0.717, 1.165) is 54.1 Å². The number of amides is 1. The molecule has 0 fully saturated rings. The molecule has 3 aliphatic rings. The zero-order chi connectivity index (χ0) is 23.8. The third kappa shape index (κ3) is 3.39. The molecule has 2 aromatic carbocycles. The molecular formula is C25H19NO6S3. The number of carbonyl (C=O) groups is 1. The van der Waals surface area contributed by atoms with E-state index in [1.807, 2.05) is 24.3 Å². The van der Waals surface area contributed by atoms with Gasteiger partial charge in [-0.05, 0) is 45.5 Å². The molecule has 1 amide bonds. The fourth-order valence-corrected chi connectivity index (χ4v) is 7.95. The van der Waals surface area contributed by atoms with Gasteiger partial charge in [-0.2, -0.15) is 0 Å². The summed E-state index contributed by atoms with van der Waals surface area (Å²) in [4.78, 5) is 16.4. The van der Waals surface area contributed by atoms with Gasteiger partial charge in [0.05, 0.1) is 36.1 Å². The molecule has 3 aliphatic heterocycles. The number of hydrogen-bond acceptors (Lipinski definition) is 7. The molecular weight excluding hydrogens is 506 g/mol. The van der Waals surface area contributed by atoms with Crippen LogP contribution in [0.4, 0.5) is 0 Å². The molecule has 7 nitrogen and oxygen atoms in total. The predicted octanol–water partition coefficient (Wildman–Crippen LogP) is 4.80. The summed E-state index contributed by atoms with van der Waals surface area (Å²) in [7, 11) is 1.78. The lowest BCUT2D eigenvalue weighted by Crippen LogP contribution is -2.17. The Hall–Kier alpha value is -2.63. The minimum absolute atomic E-state index is 0.110. The molecule has 7 rings (SSSR count). The normalized spacial score (nSPS) is 21.3. The number of nitrogens with zero attached hydrogens (tertiary/aromatic N) is 1. The Kier molecular flexibility index (Phi) is 4.91. The lowest BCUT2D eigenvalue weighted by atomic mass is 10.0. The first-order valence-corrected chi connectivity index (χ1v) is 14.4. The smallest absolute Gasteiger partial charge is 0.290 e. The highest BCUT2D eigenvalue weighted by Gasteiger charge is 2.35. The highest BCUT2D eigenvalue weighted by Crippen LogP contribution is 2.50. The molecule has 0 radical (unpaired) electrons. The second-order valence-electron chi connectivity index (χ2n) is 8.92. The number of benzene rings is 2. The molecule has 2 unspecified atom stereocenters. The molecule has 0 aliphatic carbocycles. The molecule has 0 saturated carbocycles. The summed E-state index contributed by atoms with van der Waals surface area (Å²) < 4.78 is 40.6. The molecule has 5 heterocycles. The standard InChI is InChI=1S/C25H19NO6S3/c1-26-8-19-20-22(32-21(19)25(26)27)24(14-3-5-16-12-35(29)31-10-18(16)7-14)33-23(20)13-2-4-15-11-34(28)30-9-17(15)6-13/h2-7H,8-12H2,1H3. The van der Waals surface area contributed by atoms with Crippen LogP contribution in [0.15, 0.2) is 40.8 Å². The van der Waals surface area contributed by atoms with Gasteiger partial charge in [-0.3, -0.25) is 13.2 Å². The third-order valence-corrected chi connectivity index (χ3v) is 9.88. The predicted molar refractivity (Wildman–Crippen MR) is 134 cm³/mol. The Bertz CT molecular complexity index is 1620. The third-order valence-electron chi connectivity index (χ3n) is 6.76. The molecule has 0 spiro atoms. The van der Waals surface area contributed by atoms with Gasteiger partial charge in [0.15, 0.2) is 33.5 Å². The minimum atomic E-state index is -1.29. The van der Waals surface area contributed by atoms with Crippen molar-refractivity contribution in [3.63, 3.8) is 0 Å². The minimum Gasteiger partial charge on any atom is -0.449 e. The van der Waals surface area contributed by atoms with Crippen LogP contribution in [0.5, 0.6) is 0 Å². The summed E-state index contributed by atoms with van der Waals surface area (Å²) in [6.45, 7) is 1.12. The summed E-state index contributed by atoms with van der Waals surface area (Å²) in [5.41, 5.74) is 7.72. The summed E-state index contributed by atoms with van der Waals surface area (Å²) in [6.07, 6.45) is 0. The van der Waals surface area contributed by atoms with Gasteiger partial charge >= 0.3 is 0 Å². The monoisotopic (exact) mass is 525 g/mol. The van der Waals surface area contributed by atoms with Crippen molar-refractivity contribution in [1.29, 1.82) is 0 Å². The Morgan fingerprint density at radius 3 is 2.09 bits per heavy atom. The highest BCUT2D eigenvalue weighted by molar-refractivity contribution is 7.79. The number of furan rings is 1. The largest absolute Gasteiger partial charge is 0.449 e. The molecule has 35 heavy (non-hydrogen) atoms. The number of fused-ring (bicyclic) bond motifs is 5. The first-order chi connectivity index (χ1) is 17.0. The van der Waals surface area contributed by atoms with E-state index in [1.54, 1.807) is 23.3 Å². The maximum absolute atomic E-state index is 12.7. The molecule has 0 saturated heterocycles. The first kappa shape index (κ1) is 21.6. The summed E-state index contributed by atoms with van der Waals surface area (Å²) >= 11 is -0.942.